The standard InChI is InChI=1S/C51H87N9O13S/c1-14-39-51(10,66)43(62)33(6)59(12)27-29(2)25-49(8,65)45(31(4)42(32(5)46(64)71-39)72-40-26-50(9,67-13)44(63)34(7)70-40)73-47-41(61)38(24-30(3)69-47)58(11)22-20-36-28-60(56-53-36)21-15-23-68-37-18-16-35(17-19-37)52-48-54-55-57-74-48/h16-19,29-34,36,38-45,47,61-63,65-66H,14-15,20-28H2,1-13H3,(H,52,54,57)/t29-,30-,31+,32-,33-,34+,36?,38+,39-,40+,41-,42+,43-,44+,45-,47+,49-,50-,51-/m1/s1. The highest BCUT2D eigenvalue weighted by Crippen LogP contribution is 2.40. The number of nitrogens with zero attached hydrogens (tertiary/aromatic N) is 8. The van der Waals surface area contributed by atoms with Gasteiger partial charge in [-0.15, -0.1) is 0 Å². The van der Waals surface area contributed by atoms with Crippen LogP contribution in [0.2, 0.25) is 0 Å². The number of rotatable bonds is 17. The molecule has 6 rings (SSSR count). The van der Waals surface area contributed by atoms with Gasteiger partial charge in [-0.25, -0.2) is 0 Å². The minimum atomic E-state index is -1.83. The molecule has 420 valence electrons. The molecule has 22 nitrogen and oxygen atoms in total. The van der Waals surface area contributed by atoms with E-state index in [1.807, 2.05) is 69.0 Å². The van der Waals surface area contributed by atoms with Crippen molar-refractivity contribution in [1.29, 1.82) is 0 Å². The number of benzene rings is 1. The molecule has 0 saturated carbocycles. The fourth-order valence-electron chi connectivity index (χ4n) is 11.3. The molecule has 4 aliphatic rings. The van der Waals surface area contributed by atoms with Crippen LogP contribution in [0.3, 0.4) is 0 Å². The maximum Gasteiger partial charge on any atom is 0.311 e. The van der Waals surface area contributed by atoms with Crippen LogP contribution in [0, 0.1) is 17.8 Å². The Bertz CT molecular complexity index is 2060. The highest BCUT2D eigenvalue weighted by atomic mass is 32.1. The molecule has 1 aromatic heterocycles. The number of cyclic esters (lactones) is 1. The number of carbonyl (C=O) groups is 1. The van der Waals surface area contributed by atoms with Gasteiger partial charge in [0, 0.05) is 74.8 Å². The SMILES string of the molecule is CC[C@H]1OC(=O)[C@H](C)[C@@H](O[C@H]2C[C@@](C)(OC)[C@@H](O)[C@H](C)O2)[C@H](C)[C@@H](O[C@@H]2O[C@H](C)C[C@H](N(C)CCC3CN(CCCOc4ccc(Nc5nnns5)cc4)N=N3)[C@H]2O)[C@](C)(O)C[C@@H](C)CN(C)[C@H](C)[C@@H](O)[C@]1(C)O. The molecule has 0 radical (unpaired) electrons. The van der Waals surface area contributed by atoms with Crippen molar-refractivity contribution < 1.29 is 63.5 Å². The van der Waals surface area contributed by atoms with E-state index in [9.17, 15) is 30.3 Å². The van der Waals surface area contributed by atoms with E-state index in [4.69, 9.17) is 33.2 Å². The molecule has 6 N–H and O–H groups in total. The molecule has 4 aliphatic heterocycles. The van der Waals surface area contributed by atoms with Gasteiger partial charge in [0.2, 0.25) is 5.13 Å². The van der Waals surface area contributed by atoms with Crippen LogP contribution < -0.4 is 10.1 Å². The van der Waals surface area contributed by atoms with Gasteiger partial charge in [-0.1, -0.05) is 35.6 Å². The zero-order valence-electron chi connectivity index (χ0n) is 45.8. The second-order valence-electron chi connectivity index (χ2n) is 22.3. The third-order valence-corrected chi connectivity index (χ3v) is 16.4. The second kappa shape index (κ2) is 25.9. The summed E-state index contributed by atoms with van der Waals surface area (Å²) in [5, 5.41) is 82.0. The highest BCUT2D eigenvalue weighted by molar-refractivity contribution is 7.09. The van der Waals surface area contributed by atoms with E-state index in [1.54, 1.807) is 41.5 Å². The molecule has 0 amide bonds. The molecular formula is C51H87N9O13S. The van der Waals surface area contributed by atoms with E-state index in [0.29, 0.717) is 50.8 Å². The van der Waals surface area contributed by atoms with E-state index in [2.05, 4.69) is 35.4 Å². The molecule has 3 saturated heterocycles. The number of ether oxygens (including phenoxy) is 7. The van der Waals surface area contributed by atoms with Crippen molar-refractivity contribution >= 4 is 28.3 Å². The fourth-order valence-corrected chi connectivity index (χ4v) is 11.7. The van der Waals surface area contributed by atoms with Crippen molar-refractivity contribution in [2.75, 3.05) is 59.3 Å². The number of hydrogen-bond donors (Lipinski definition) is 6. The van der Waals surface area contributed by atoms with Crippen molar-refractivity contribution in [3.05, 3.63) is 24.3 Å². The number of aliphatic hydroxyl groups excluding tert-OH is 3. The molecule has 2 aromatic rings. The Morgan fingerprint density at radius 3 is 2.35 bits per heavy atom. The minimum absolute atomic E-state index is 0.0363. The number of nitrogens with one attached hydrogen (secondary N) is 1. The van der Waals surface area contributed by atoms with Gasteiger partial charge in [0.1, 0.15) is 35.8 Å². The zero-order chi connectivity index (χ0) is 54.3. The first-order valence-corrected chi connectivity index (χ1v) is 27.2. The smallest absolute Gasteiger partial charge is 0.311 e. The number of methoxy groups -OCH3 is 1. The Labute approximate surface area is 441 Å². The second-order valence-corrected chi connectivity index (χ2v) is 23.0. The maximum atomic E-state index is 14.5. The lowest BCUT2D eigenvalue weighted by molar-refractivity contribution is -0.318. The molecule has 5 heterocycles. The van der Waals surface area contributed by atoms with Gasteiger partial charge in [-0.3, -0.25) is 9.80 Å². The number of likely N-dealkylation sites (N-methyl/N-ethyl adjacent to an activating group) is 2. The van der Waals surface area contributed by atoms with E-state index < -0.39 is 96.0 Å². The lowest BCUT2D eigenvalue weighted by Gasteiger charge is -2.49. The summed E-state index contributed by atoms with van der Waals surface area (Å²) in [4.78, 5) is 18.5. The van der Waals surface area contributed by atoms with Crippen molar-refractivity contribution in [1.82, 2.24) is 29.6 Å². The topological polar surface area (TPSA) is 268 Å². The Kier molecular flexibility index (Phi) is 21.0. The Morgan fingerprint density at radius 1 is 0.973 bits per heavy atom. The van der Waals surface area contributed by atoms with Gasteiger partial charge in [-0.2, -0.15) is 5.11 Å². The molecule has 23 heteroatoms. The largest absolute Gasteiger partial charge is 0.494 e. The van der Waals surface area contributed by atoms with Gasteiger partial charge in [-0.05, 0) is 124 Å². The Hall–Kier alpha value is -3.30. The Balaban J connectivity index is 1.15. The molecule has 0 aliphatic carbocycles. The van der Waals surface area contributed by atoms with Crippen molar-refractivity contribution in [2.45, 2.75) is 204 Å². The number of anilines is 2. The lowest BCUT2D eigenvalue weighted by Crippen LogP contribution is -2.61. The van der Waals surface area contributed by atoms with Crippen LogP contribution in [-0.4, -0.2) is 211 Å². The monoisotopic (exact) mass is 1070 g/mol. The van der Waals surface area contributed by atoms with Crippen LogP contribution in [0.4, 0.5) is 10.8 Å². The molecule has 1 aromatic carbocycles. The molecule has 0 spiro atoms. The molecule has 1 unspecified atom stereocenters. The molecular weight excluding hydrogens is 979 g/mol. The van der Waals surface area contributed by atoms with Gasteiger partial charge in [0.15, 0.2) is 12.6 Å². The van der Waals surface area contributed by atoms with E-state index >= 15 is 0 Å². The fraction of sp³-hybridized carbons (Fsp3) is 0.843. The normalized spacial score (nSPS) is 40.1. The average Bonchev–Trinajstić information content (AvgIpc) is 4.06. The van der Waals surface area contributed by atoms with Crippen LogP contribution in [0.5, 0.6) is 5.75 Å². The number of aliphatic hydroxyl groups is 5. The third kappa shape index (κ3) is 14.8. The first-order valence-electron chi connectivity index (χ1n) is 26.4. The Morgan fingerprint density at radius 2 is 1.69 bits per heavy atom. The predicted octanol–water partition coefficient (Wildman–Crippen LogP) is 4.17. The van der Waals surface area contributed by atoms with E-state index in [0.717, 1.165) is 17.9 Å². The van der Waals surface area contributed by atoms with Crippen molar-refractivity contribution in [3.63, 3.8) is 0 Å². The lowest BCUT2D eigenvalue weighted by atomic mass is 9.77. The minimum Gasteiger partial charge on any atom is -0.494 e. The van der Waals surface area contributed by atoms with Gasteiger partial charge in [0.25, 0.3) is 0 Å². The average molecular weight is 1070 g/mol. The quantitative estimate of drug-likeness (QED) is 0.0959. The number of hydrogen-bond acceptors (Lipinski definition) is 23. The maximum absolute atomic E-state index is 14.5. The summed E-state index contributed by atoms with van der Waals surface area (Å²) in [6.45, 7) is 20.5. The van der Waals surface area contributed by atoms with Crippen LogP contribution in [0.15, 0.2) is 34.6 Å². The summed E-state index contributed by atoms with van der Waals surface area (Å²) in [6, 6.07) is 6.61. The van der Waals surface area contributed by atoms with E-state index in [-0.39, 0.29) is 43.4 Å². The van der Waals surface area contributed by atoms with Crippen LogP contribution in [0.25, 0.3) is 0 Å². The summed E-state index contributed by atoms with van der Waals surface area (Å²) in [6.07, 6.45) is -7.47. The van der Waals surface area contributed by atoms with Gasteiger partial charge in [0.05, 0.1) is 60.7 Å². The predicted molar refractivity (Wildman–Crippen MR) is 275 cm³/mol. The third-order valence-electron chi connectivity index (χ3n) is 15.9. The summed E-state index contributed by atoms with van der Waals surface area (Å²) in [5.41, 5.74) is -3.65. The molecule has 3 fully saturated rings. The summed E-state index contributed by atoms with van der Waals surface area (Å²) in [7, 11) is 5.32. The first kappa shape index (κ1) is 59.9. The van der Waals surface area contributed by atoms with Crippen LogP contribution in [0.1, 0.15) is 108 Å². The molecule has 19 atom stereocenters. The summed E-state index contributed by atoms with van der Waals surface area (Å²) >= 11 is 1.18. The molecule has 0 bridgehead atoms. The highest BCUT2D eigenvalue weighted by Gasteiger charge is 2.53. The number of esters is 1. The van der Waals surface area contributed by atoms with Crippen molar-refractivity contribution in [2.24, 2.45) is 28.1 Å². The summed E-state index contributed by atoms with van der Waals surface area (Å²) in [5.74, 6) is -2.00. The van der Waals surface area contributed by atoms with Crippen molar-refractivity contribution in [3.8, 4) is 5.75 Å². The van der Waals surface area contributed by atoms with Crippen LogP contribution in [-0.2, 0) is 33.2 Å². The summed E-state index contributed by atoms with van der Waals surface area (Å²) < 4.78 is 48.1. The number of carbonyl (C=O) groups excluding carboxylic acids is 1. The van der Waals surface area contributed by atoms with Crippen LogP contribution >= 0.6 is 11.5 Å². The first-order chi connectivity index (χ1) is 34.9. The van der Waals surface area contributed by atoms with Gasteiger partial charge >= 0.3 is 5.97 Å². The number of aromatic nitrogens is 3. The molecule has 74 heavy (non-hydrogen) atoms. The van der Waals surface area contributed by atoms with E-state index in [1.165, 1.54) is 25.6 Å². The van der Waals surface area contributed by atoms with Gasteiger partial charge < -0.3 is 73.8 Å². The zero-order valence-corrected chi connectivity index (χ0v) is 46.6.